The van der Waals surface area contributed by atoms with Crippen molar-refractivity contribution in [3.05, 3.63) is 45.5 Å². The average molecular weight is 323 g/mol. The van der Waals surface area contributed by atoms with E-state index < -0.39 is 0 Å². The van der Waals surface area contributed by atoms with E-state index in [4.69, 9.17) is 4.52 Å². The van der Waals surface area contributed by atoms with Crippen LogP contribution in [0, 0.1) is 27.7 Å². The largest absolute Gasteiger partial charge is 0.361 e. The van der Waals surface area contributed by atoms with Crippen LogP contribution in [0.1, 0.15) is 22.8 Å². The van der Waals surface area contributed by atoms with Gasteiger partial charge in [0, 0.05) is 22.4 Å². The van der Waals surface area contributed by atoms with Gasteiger partial charge in [0.2, 0.25) is 0 Å². The van der Waals surface area contributed by atoms with Crippen molar-refractivity contribution < 1.29 is 4.52 Å². The quantitative estimate of drug-likeness (QED) is 0.527. The molecule has 4 rings (SSSR count). The Labute approximate surface area is 137 Å². The SMILES string of the molecule is Cc1n[nH]c(C)c1-c1cc(-c2c(C)noc2C)cc2[nH]c(=O)[nH]c12. The molecule has 7 nitrogen and oxygen atoms in total. The van der Waals surface area contributed by atoms with Gasteiger partial charge in [-0.15, -0.1) is 0 Å². The van der Waals surface area contributed by atoms with E-state index in [2.05, 4.69) is 25.3 Å². The third-order valence-electron chi connectivity index (χ3n) is 4.34. The number of aryl methyl sites for hydroxylation is 4. The molecule has 0 aliphatic heterocycles. The molecule has 7 heteroatoms. The Morgan fingerprint density at radius 2 is 1.79 bits per heavy atom. The van der Waals surface area contributed by atoms with Gasteiger partial charge >= 0.3 is 5.69 Å². The lowest BCUT2D eigenvalue weighted by molar-refractivity contribution is 0.393. The molecule has 3 aromatic heterocycles. The number of imidazole rings is 1. The van der Waals surface area contributed by atoms with E-state index in [-0.39, 0.29) is 5.69 Å². The number of rotatable bonds is 2. The first-order valence-corrected chi connectivity index (χ1v) is 7.67. The van der Waals surface area contributed by atoms with Crippen molar-refractivity contribution in [1.29, 1.82) is 0 Å². The Morgan fingerprint density at radius 1 is 1.00 bits per heavy atom. The highest BCUT2D eigenvalue weighted by Gasteiger charge is 2.19. The van der Waals surface area contributed by atoms with Crippen molar-refractivity contribution >= 4 is 11.0 Å². The fourth-order valence-corrected chi connectivity index (χ4v) is 3.33. The molecule has 3 N–H and O–H groups in total. The first-order valence-electron chi connectivity index (χ1n) is 7.67. The molecule has 24 heavy (non-hydrogen) atoms. The molecule has 4 aromatic rings. The van der Waals surface area contributed by atoms with E-state index in [0.717, 1.165) is 56.1 Å². The molecular formula is C17H17N5O2. The summed E-state index contributed by atoms with van der Waals surface area (Å²) in [5.74, 6) is 0.747. The Morgan fingerprint density at radius 3 is 2.42 bits per heavy atom. The normalized spacial score (nSPS) is 11.5. The lowest BCUT2D eigenvalue weighted by Gasteiger charge is -2.08. The van der Waals surface area contributed by atoms with E-state index in [1.807, 2.05) is 39.8 Å². The molecule has 0 fully saturated rings. The third kappa shape index (κ3) is 2.01. The minimum atomic E-state index is -0.235. The second-order valence-electron chi connectivity index (χ2n) is 6.03. The van der Waals surface area contributed by atoms with Crippen LogP contribution in [0.2, 0.25) is 0 Å². The average Bonchev–Trinajstić information content (AvgIpc) is 3.16. The number of benzene rings is 1. The molecule has 0 aliphatic carbocycles. The van der Waals surface area contributed by atoms with Gasteiger partial charge in [0.15, 0.2) is 0 Å². The Balaban J connectivity index is 2.11. The highest BCUT2D eigenvalue weighted by molar-refractivity contribution is 5.97. The van der Waals surface area contributed by atoms with Crippen molar-refractivity contribution in [2.45, 2.75) is 27.7 Å². The van der Waals surface area contributed by atoms with Crippen molar-refractivity contribution in [3.63, 3.8) is 0 Å². The van der Waals surface area contributed by atoms with E-state index in [0.29, 0.717) is 0 Å². The first kappa shape index (κ1) is 14.5. The summed E-state index contributed by atoms with van der Waals surface area (Å²) in [6.45, 7) is 7.70. The zero-order valence-electron chi connectivity index (χ0n) is 13.9. The van der Waals surface area contributed by atoms with Crippen LogP contribution in [0.4, 0.5) is 0 Å². The van der Waals surface area contributed by atoms with E-state index in [9.17, 15) is 4.79 Å². The molecule has 0 aliphatic rings. The molecule has 3 heterocycles. The number of nitrogens with one attached hydrogen (secondary N) is 3. The van der Waals surface area contributed by atoms with Crippen molar-refractivity contribution in [1.82, 2.24) is 25.3 Å². The summed E-state index contributed by atoms with van der Waals surface area (Å²) in [7, 11) is 0. The van der Waals surface area contributed by atoms with Gasteiger partial charge in [0.25, 0.3) is 0 Å². The van der Waals surface area contributed by atoms with Crippen LogP contribution in [-0.4, -0.2) is 25.3 Å². The van der Waals surface area contributed by atoms with Crippen LogP contribution in [-0.2, 0) is 0 Å². The number of nitrogens with zero attached hydrogens (tertiary/aromatic N) is 2. The number of hydrogen-bond acceptors (Lipinski definition) is 4. The first-order chi connectivity index (χ1) is 11.5. The number of hydrogen-bond donors (Lipinski definition) is 3. The number of aromatic nitrogens is 5. The molecule has 0 radical (unpaired) electrons. The van der Waals surface area contributed by atoms with Crippen LogP contribution in [0.5, 0.6) is 0 Å². The van der Waals surface area contributed by atoms with Crippen LogP contribution in [0.15, 0.2) is 21.5 Å². The summed E-state index contributed by atoms with van der Waals surface area (Å²) in [4.78, 5) is 17.6. The third-order valence-corrected chi connectivity index (χ3v) is 4.34. The lowest BCUT2D eigenvalue weighted by Crippen LogP contribution is -1.99. The van der Waals surface area contributed by atoms with Gasteiger partial charge in [-0.1, -0.05) is 5.16 Å². The minimum Gasteiger partial charge on any atom is -0.361 e. The van der Waals surface area contributed by atoms with Gasteiger partial charge in [0.1, 0.15) is 5.76 Å². The summed E-state index contributed by atoms with van der Waals surface area (Å²) >= 11 is 0. The molecule has 0 bridgehead atoms. The minimum absolute atomic E-state index is 0.235. The number of fused-ring (bicyclic) bond motifs is 1. The lowest BCUT2D eigenvalue weighted by atomic mass is 9.96. The molecule has 0 atom stereocenters. The number of H-pyrrole nitrogens is 3. The second kappa shape index (κ2) is 4.95. The standard InChI is InChI=1S/C17H17N5O2/c1-7-14(8(2)21-20-7)12-5-11(15-9(3)22-24-10(15)4)6-13-16(12)19-17(23)18-13/h5-6H,1-4H3,(H,20,21)(H2,18,19,23). The van der Waals surface area contributed by atoms with Gasteiger partial charge in [0.05, 0.1) is 22.4 Å². The molecule has 1 aromatic carbocycles. The maximum Gasteiger partial charge on any atom is 0.323 e. The topological polar surface area (TPSA) is 103 Å². The second-order valence-corrected chi connectivity index (χ2v) is 6.03. The van der Waals surface area contributed by atoms with Gasteiger partial charge in [-0.25, -0.2) is 4.79 Å². The van der Waals surface area contributed by atoms with E-state index in [1.54, 1.807) is 0 Å². The molecule has 122 valence electrons. The molecule has 0 spiro atoms. The van der Waals surface area contributed by atoms with Crippen LogP contribution < -0.4 is 5.69 Å². The molecule has 0 saturated heterocycles. The van der Waals surface area contributed by atoms with E-state index >= 15 is 0 Å². The Kier molecular flexibility index (Phi) is 2.99. The Bertz CT molecular complexity index is 1090. The molecule has 0 saturated carbocycles. The maximum absolute atomic E-state index is 11.8. The fraction of sp³-hybridized carbons (Fsp3) is 0.235. The molecule has 0 unspecified atom stereocenters. The predicted octanol–water partition coefficient (Wildman–Crippen LogP) is 3.13. The maximum atomic E-state index is 11.8. The highest BCUT2D eigenvalue weighted by Crippen LogP contribution is 2.36. The highest BCUT2D eigenvalue weighted by atomic mass is 16.5. The number of aromatic amines is 3. The van der Waals surface area contributed by atoms with E-state index in [1.165, 1.54) is 0 Å². The summed E-state index contributed by atoms with van der Waals surface area (Å²) in [5, 5.41) is 11.3. The monoisotopic (exact) mass is 323 g/mol. The zero-order valence-corrected chi connectivity index (χ0v) is 13.9. The summed E-state index contributed by atoms with van der Waals surface area (Å²) in [6.07, 6.45) is 0. The molecular weight excluding hydrogens is 306 g/mol. The van der Waals surface area contributed by atoms with Crippen LogP contribution in [0.3, 0.4) is 0 Å². The summed E-state index contributed by atoms with van der Waals surface area (Å²) in [5.41, 5.74) is 7.72. The van der Waals surface area contributed by atoms with Gasteiger partial charge in [-0.3, -0.25) is 5.10 Å². The zero-order chi connectivity index (χ0) is 17.0. The van der Waals surface area contributed by atoms with Gasteiger partial charge in [-0.05, 0) is 45.4 Å². The van der Waals surface area contributed by atoms with Crippen molar-refractivity contribution in [3.8, 4) is 22.3 Å². The van der Waals surface area contributed by atoms with Crippen LogP contribution >= 0.6 is 0 Å². The van der Waals surface area contributed by atoms with Crippen molar-refractivity contribution in [2.75, 3.05) is 0 Å². The Hall–Kier alpha value is -3.09. The smallest absolute Gasteiger partial charge is 0.323 e. The predicted molar refractivity (Wildman–Crippen MR) is 90.9 cm³/mol. The van der Waals surface area contributed by atoms with Gasteiger partial charge < -0.3 is 14.5 Å². The van der Waals surface area contributed by atoms with Crippen molar-refractivity contribution in [2.24, 2.45) is 0 Å². The summed E-state index contributed by atoms with van der Waals surface area (Å²) in [6, 6.07) is 3.98. The molecule has 0 amide bonds. The van der Waals surface area contributed by atoms with Crippen LogP contribution in [0.25, 0.3) is 33.3 Å². The fourth-order valence-electron chi connectivity index (χ4n) is 3.33. The summed E-state index contributed by atoms with van der Waals surface area (Å²) < 4.78 is 5.30. The van der Waals surface area contributed by atoms with Gasteiger partial charge in [-0.2, -0.15) is 5.10 Å².